The molecule has 3 rings (SSSR count). The molecule has 2 heterocycles. The predicted molar refractivity (Wildman–Crippen MR) is 110 cm³/mol. The van der Waals surface area contributed by atoms with Crippen molar-refractivity contribution in [2.75, 3.05) is 12.0 Å². The number of hydrazone groups is 1. The molecule has 0 aliphatic rings. The van der Waals surface area contributed by atoms with Gasteiger partial charge >= 0.3 is 5.69 Å². The third kappa shape index (κ3) is 4.81. The summed E-state index contributed by atoms with van der Waals surface area (Å²) in [5, 5.41) is 14.4. The number of aromatic nitrogens is 4. The van der Waals surface area contributed by atoms with E-state index in [-0.39, 0.29) is 42.2 Å². The van der Waals surface area contributed by atoms with Crippen LogP contribution >= 0.6 is 0 Å². The molecule has 1 aromatic carbocycles. The molecule has 0 amide bonds. The van der Waals surface area contributed by atoms with E-state index in [9.17, 15) is 19.1 Å². The van der Waals surface area contributed by atoms with Crippen LogP contribution in [0.3, 0.4) is 0 Å². The molecule has 3 aromatic rings. The van der Waals surface area contributed by atoms with Crippen LogP contribution in [-0.4, -0.2) is 49.2 Å². The Balaban J connectivity index is 1.96. The molecular weight excluding hydrogens is 395 g/mol. The van der Waals surface area contributed by atoms with Gasteiger partial charge in [-0.15, -0.1) is 0 Å². The van der Waals surface area contributed by atoms with Gasteiger partial charge in [0.15, 0.2) is 11.2 Å². The van der Waals surface area contributed by atoms with Crippen molar-refractivity contribution < 1.29 is 14.2 Å². The molecule has 0 saturated heterocycles. The van der Waals surface area contributed by atoms with E-state index in [4.69, 9.17) is 4.74 Å². The lowest BCUT2D eigenvalue weighted by molar-refractivity contribution is -0.000105. The fourth-order valence-electron chi connectivity index (χ4n) is 2.78. The third-order valence-corrected chi connectivity index (χ3v) is 4.27. The van der Waals surface area contributed by atoms with Gasteiger partial charge in [-0.3, -0.25) is 14.3 Å². The lowest BCUT2D eigenvalue weighted by Crippen LogP contribution is -2.30. The quantitative estimate of drug-likeness (QED) is 0.367. The molecular formula is C19H23FN6O4. The molecule has 0 aliphatic heterocycles. The Morgan fingerprint density at radius 3 is 2.70 bits per heavy atom. The van der Waals surface area contributed by atoms with Crippen LogP contribution in [0.15, 0.2) is 39.0 Å². The van der Waals surface area contributed by atoms with E-state index >= 15 is 0 Å². The normalized spacial score (nSPS) is 12.9. The lowest BCUT2D eigenvalue weighted by atomic mass is 10.2. The summed E-state index contributed by atoms with van der Waals surface area (Å²) >= 11 is 0. The number of imidazole rings is 1. The first-order valence-corrected chi connectivity index (χ1v) is 9.30. The van der Waals surface area contributed by atoms with Crippen LogP contribution in [-0.2, 0) is 18.3 Å². The maximum Gasteiger partial charge on any atom is 0.329 e. The number of H-pyrrole nitrogens is 1. The molecule has 0 fully saturated rings. The van der Waals surface area contributed by atoms with Crippen LogP contribution < -0.4 is 16.7 Å². The number of hydrogen-bond acceptors (Lipinski definition) is 7. The summed E-state index contributed by atoms with van der Waals surface area (Å²) in [6.07, 6.45) is 0.453. The molecule has 0 radical (unpaired) electrons. The highest BCUT2D eigenvalue weighted by atomic mass is 19.1. The summed E-state index contributed by atoms with van der Waals surface area (Å²) in [5.74, 6) is -0.210. The highest BCUT2D eigenvalue weighted by Gasteiger charge is 2.19. The molecule has 11 heteroatoms. The van der Waals surface area contributed by atoms with Crippen molar-refractivity contribution in [1.82, 2.24) is 19.1 Å². The van der Waals surface area contributed by atoms with Crippen LogP contribution in [0.4, 0.5) is 10.3 Å². The van der Waals surface area contributed by atoms with E-state index in [0.29, 0.717) is 5.56 Å². The second kappa shape index (κ2) is 9.01. The zero-order valence-electron chi connectivity index (χ0n) is 16.8. The highest BCUT2D eigenvalue weighted by molar-refractivity contribution is 5.80. The Morgan fingerprint density at radius 1 is 1.33 bits per heavy atom. The van der Waals surface area contributed by atoms with E-state index in [1.54, 1.807) is 12.1 Å². The van der Waals surface area contributed by atoms with Crippen molar-refractivity contribution in [3.05, 3.63) is 56.5 Å². The SMILES string of the molecule is CC(C)OCC(O)Cn1c(N/N=C/c2ccc(F)cc2)nc2c1c(=O)[nH]c(=O)n2C. The Bertz CT molecular complexity index is 1160. The standard InChI is InChI=1S/C19H23FN6O4/c1-11(2)30-10-14(27)9-26-15-16(25(3)19(29)23-17(15)28)22-18(26)24-21-8-12-4-6-13(20)7-5-12/h4-8,11,14,27H,9-10H2,1-3H3,(H,22,24)(H,23,28,29)/b21-8+. The maximum atomic E-state index is 13.0. The number of ether oxygens (including phenoxy) is 1. The Labute approximate surface area is 170 Å². The number of aliphatic hydroxyl groups excluding tert-OH is 1. The van der Waals surface area contributed by atoms with Crippen LogP contribution in [0.2, 0.25) is 0 Å². The van der Waals surface area contributed by atoms with Crippen molar-refractivity contribution in [3.63, 3.8) is 0 Å². The molecule has 2 aromatic heterocycles. The number of halogens is 1. The van der Waals surface area contributed by atoms with Gasteiger partial charge in [-0.05, 0) is 31.5 Å². The molecule has 30 heavy (non-hydrogen) atoms. The summed E-state index contributed by atoms with van der Waals surface area (Å²) in [6, 6.07) is 5.70. The van der Waals surface area contributed by atoms with Crippen molar-refractivity contribution >= 4 is 23.3 Å². The molecule has 0 saturated carbocycles. The number of aryl methyl sites for hydroxylation is 1. The highest BCUT2D eigenvalue weighted by Crippen LogP contribution is 2.16. The average Bonchev–Trinajstić information content (AvgIpc) is 3.05. The molecule has 1 atom stereocenters. The van der Waals surface area contributed by atoms with Gasteiger partial charge in [-0.2, -0.15) is 10.1 Å². The Hall–Kier alpha value is -3.31. The fraction of sp³-hybridized carbons (Fsp3) is 0.368. The average molecular weight is 418 g/mol. The second-order valence-corrected chi connectivity index (χ2v) is 6.99. The Morgan fingerprint density at radius 2 is 2.03 bits per heavy atom. The molecule has 160 valence electrons. The first kappa shape index (κ1) is 21.4. The molecule has 10 nitrogen and oxygen atoms in total. The summed E-state index contributed by atoms with van der Waals surface area (Å²) in [5.41, 5.74) is 2.37. The van der Waals surface area contributed by atoms with Gasteiger partial charge in [0.25, 0.3) is 5.56 Å². The summed E-state index contributed by atoms with van der Waals surface area (Å²) in [4.78, 5) is 30.8. The van der Waals surface area contributed by atoms with E-state index < -0.39 is 17.4 Å². The predicted octanol–water partition coefficient (Wildman–Crippen LogP) is 0.794. The van der Waals surface area contributed by atoms with Gasteiger partial charge in [0.2, 0.25) is 5.95 Å². The van der Waals surface area contributed by atoms with Gasteiger partial charge < -0.3 is 14.4 Å². The number of anilines is 1. The first-order chi connectivity index (χ1) is 14.3. The van der Waals surface area contributed by atoms with Crippen molar-refractivity contribution in [3.8, 4) is 0 Å². The smallest absolute Gasteiger partial charge is 0.329 e. The number of benzene rings is 1. The number of aliphatic hydroxyl groups is 1. The van der Waals surface area contributed by atoms with E-state index in [1.807, 2.05) is 13.8 Å². The third-order valence-electron chi connectivity index (χ3n) is 4.27. The first-order valence-electron chi connectivity index (χ1n) is 9.30. The largest absolute Gasteiger partial charge is 0.389 e. The summed E-state index contributed by atoms with van der Waals surface area (Å²) < 4.78 is 21.1. The number of nitrogens with one attached hydrogen (secondary N) is 2. The number of hydrogen-bond donors (Lipinski definition) is 3. The van der Waals surface area contributed by atoms with E-state index in [1.165, 1.54) is 34.5 Å². The zero-order valence-corrected chi connectivity index (χ0v) is 16.8. The minimum Gasteiger partial charge on any atom is -0.389 e. The van der Waals surface area contributed by atoms with Gasteiger partial charge in [0.1, 0.15) is 5.82 Å². The molecule has 0 bridgehead atoms. The van der Waals surface area contributed by atoms with Gasteiger partial charge in [-0.25, -0.2) is 14.6 Å². The number of fused-ring (bicyclic) bond motifs is 1. The van der Waals surface area contributed by atoms with Crippen LogP contribution in [0.25, 0.3) is 11.2 Å². The molecule has 3 N–H and O–H groups in total. The van der Waals surface area contributed by atoms with Crippen molar-refractivity contribution in [2.24, 2.45) is 12.1 Å². The second-order valence-electron chi connectivity index (χ2n) is 6.99. The Kier molecular flexibility index (Phi) is 6.43. The van der Waals surface area contributed by atoms with Crippen LogP contribution in [0, 0.1) is 5.82 Å². The van der Waals surface area contributed by atoms with Crippen LogP contribution in [0.1, 0.15) is 19.4 Å². The minimum atomic E-state index is -0.928. The van der Waals surface area contributed by atoms with Gasteiger partial charge in [-0.1, -0.05) is 12.1 Å². The summed E-state index contributed by atoms with van der Waals surface area (Å²) in [7, 11) is 1.47. The van der Waals surface area contributed by atoms with E-state index in [2.05, 4.69) is 20.5 Å². The number of rotatable bonds is 8. The monoisotopic (exact) mass is 418 g/mol. The molecule has 1 unspecified atom stereocenters. The lowest BCUT2D eigenvalue weighted by Gasteiger charge is -2.15. The van der Waals surface area contributed by atoms with Gasteiger partial charge in [0, 0.05) is 7.05 Å². The fourth-order valence-corrected chi connectivity index (χ4v) is 2.78. The van der Waals surface area contributed by atoms with Crippen molar-refractivity contribution in [2.45, 2.75) is 32.6 Å². The van der Waals surface area contributed by atoms with E-state index in [0.717, 1.165) is 0 Å². The minimum absolute atomic E-state index is 0.0150. The van der Waals surface area contributed by atoms with Gasteiger partial charge in [0.05, 0.1) is 31.6 Å². The zero-order chi connectivity index (χ0) is 21.8. The number of nitrogens with zero attached hydrogens (tertiary/aromatic N) is 4. The maximum absolute atomic E-state index is 13.0. The number of aromatic amines is 1. The van der Waals surface area contributed by atoms with Crippen molar-refractivity contribution in [1.29, 1.82) is 0 Å². The molecule has 0 spiro atoms. The topological polar surface area (TPSA) is 127 Å². The summed E-state index contributed by atoms with van der Waals surface area (Å²) in [6.45, 7) is 3.73. The molecule has 0 aliphatic carbocycles. The van der Waals surface area contributed by atoms with Crippen LogP contribution in [0.5, 0.6) is 0 Å².